The average Bonchev–Trinajstić information content (AvgIpc) is 3.44. The first-order chi connectivity index (χ1) is 14.2. The smallest absolute Gasteiger partial charge is 0.234 e. The topological polar surface area (TPSA) is 94.1 Å². The van der Waals surface area contributed by atoms with E-state index in [0.29, 0.717) is 22.3 Å². The van der Waals surface area contributed by atoms with Crippen LogP contribution in [0, 0.1) is 0 Å². The summed E-state index contributed by atoms with van der Waals surface area (Å²) in [7, 11) is 1.90. The number of rotatable bonds is 5. The van der Waals surface area contributed by atoms with Crippen LogP contribution in [0.2, 0.25) is 0 Å². The fourth-order valence-corrected chi connectivity index (χ4v) is 3.94. The van der Waals surface area contributed by atoms with Gasteiger partial charge in [0.2, 0.25) is 12.7 Å². The SMILES string of the molecule is Cn1c(SCC(=O)Nc2ccc3c(c2)OCO3)nnc1-c1c[nH]c2ccccc12. The number of H-pyrrole nitrogens is 1. The number of hydrogen-bond acceptors (Lipinski definition) is 6. The van der Waals surface area contributed by atoms with Gasteiger partial charge in [0.15, 0.2) is 22.5 Å². The number of thioether (sulfide) groups is 1. The number of aromatic amines is 1. The van der Waals surface area contributed by atoms with E-state index in [-0.39, 0.29) is 18.5 Å². The van der Waals surface area contributed by atoms with E-state index in [1.807, 2.05) is 42.1 Å². The van der Waals surface area contributed by atoms with Gasteiger partial charge >= 0.3 is 0 Å². The third-order valence-electron chi connectivity index (χ3n) is 4.65. The molecule has 0 fully saturated rings. The number of aromatic nitrogens is 4. The normalized spacial score (nSPS) is 12.4. The summed E-state index contributed by atoms with van der Waals surface area (Å²) in [6, 6.07) is 13.4. The number of carbonyl (C=O) groups is 1. The zero-order chi connectivity index (χ0) is 19.8. The molecule has 1 amide bonds. The van der Waals surface area contributed by atoms with Crippen molar-refractivity contribution >= 4 is 34.3 Å². The van der Waals surface area contributed by atoms with Crippen molar-refractivity contribution in [3.05, 3.63) is 48.7 Å². The van der Waals surface area contributed by atoms with Crippen LogP contribution in [0.4, 0.5) is 5.69 Å². The molecule has 1 aliphatic rings. The monoisotopic (exact) mass is 407 g/mol. The zero-order valence-electron chi connectivity index (χ0n) is 15.5. The van der Waals surface area contributed by atoms with Crippen molar-refractivity contribution in [3.63, 3.8) is 0 Å². The molecule has 2 aromatic heterocycles. The van der Waals surface area contributed by atoms with Gasteiger partial charge in [0.05, 0.1) is 5.75 Å². The van der Waals surface area contributed by atoms with E-state index in [4.69, 9.17) is 9.47 Å². The van der Waals surface area contributed by atoms with Crippen LogP contribution in [-0.2, 0) is 11.8 Å². The number of anilines is 1. The van der Waals surface area contributed by atoms with Gasteiger partial charge in [-0.1, -0.05) is 30.0 Å². The van der Waals surface area contributed by atoms with Crippen LogP contribution in [0.15, 0.2) is 53.8 Å². The molecule has 0 spiro atoms. The molecular weight excluding hydrogens is 390 g/mol. The molecule has 0 bridgehead atoms. The van der Waals surface area contributed by atoms with E-state index in [0.717, 1.165) is 22.3 Å². The Morgan fingerprint density at radius 1 is 1.21 bits per heavy atom. The van der Waals surface area contributed by atoms with Crippen molar-refractivity contribution in [2.24, 2.45) is 7.05 Å². The van der Waals surface area contributed by atoms with E-state index >= 15 is 0 Å². The minimum absolute atomic E-state index is 0.134. The zero-order valence-corrected chi connectivity index (χ0v) is 16.3. The van der Waals surface area contributed by atoms with Crippen LogP contribution in [0.25, 0.3) is 22.3 Å². The van der Waals surface area contributed by atoms with Gasteiger partial charge < -0.3 is 24.3 Å². The summed E-state index contributed by atoms with van der Waals surface area (Å²) >= 11 is 1.33. The Morgan fingerprint density at radius 3 is 3.00 bits per heavy atom. The summed E-state index contributed by atoms with van der Waals surface area (Å²) in [5.41, 5.74) is 2.69. The Hall–Kier alpha value is -3.46. The molecular formula is C20H17N5O3S. The first kappa shape index (κ1) is 17.6. The summed E-state index contributed by atoms with van der Waals surface area (Å²) in [6.07, 6.45) is 1.93. The number of ether oxygens (including phenoxy) is 2. The number of fused-ring (bicyclic) bond motifs is 2. The molecule has 0 saturated heterocycles. The lowest BCUT2D eigenvalue weighted by Gasteiger charge is -2.06. The van der Waals surface area contributed by atoms with Crippen molar-refractivity contribution in [2.75, 3.05) is 17.9 Å². The number of benzene rings is 2. The predicted octanol–water partition coefficient (Wildman–Crippen LogP) is 3.42. The van der Waals surface area contributed by atoms with E-state index in [1.54, 1.807) is 18.2 Å². The van der Waals surface area contributed by atoms with Gasteiger partial charge in [-0.25, -0.2) is 0 Å². The molecule has 5 rings (SSSR count). The van der Waals surface area contributed by atoms with Crippen molar-refractivity contribution in [1.82, 2.24) is 19.7 Å². The number of amides is 1. The Kier molecular flexibility index (Phi) is 4.36. The lowest BCUT2D eigenvalue weighted by molar-refractivity contribution is -0.113. The second-order valence-electron chi connectivity index (χ2n) is 6.52. The highest BCUT2D eigenvalue weighted by Gasteiger charge is 2.17. The Bertz CT molecular complexity index is 1220. The highest BCUT2D eigenvalue weighted by molar-refractivity contribution is 7.99. The third kappa shape index (κ3) is 3.29. The lowest BCUT2D eigenvalue weighted by atomic mass is 10.1. The molecule has 0 aliphatic carbocycles. The molecule has 0 saturated carbocycles. The van der Waals surface area contributed by atoms with Crippen LogP contribution in [0.3, 0.4) is 0 Å². The van der Waals surface area contributed by atoms with Gasteiger partial charge in [0, 0.05) is 41.5 Å². The molecule has 4 aromatic rings. The third-order valence-corrected chi connectivity index (χ3v) is 5.67. The number of carbonyl (C=O) groups excluding carboxylic acids is 1. The van der Waals surface area contributed by atoms with E-state index in [9.17, 15) is 4.79 Å². The Labute approximate surface area is 170 Å². The highest BCUT2D eigenvalue weighted by atomic mass is 32.2. The number of para-hydroxylation sites is 1. The first-order valence-electron chi connectivity index (χ1n) is 8.97. The minimum Gasteiger partial charge on any atom is -0.454 e. The quantitative estimate of drug-likeness (QED) is 0.493. The van der Waals surface area contributed by atoms with Crippen molar-refractivity contribution in [2.45, 2.75) is 5.16 Å². The summed E-state index contributed by atoms with van der Waals surface area (Å²) in [4.78, 5) is 15.6. The standard InChI is InChI=1S/C20H17N5O3S/c1-25-19(14-9-21-15-5-3-2-4-13(14)15)23-24-20(25)29-10-18(26)22-12-6-7-16-17(8-12)28-11-27-16/h2-9,21H,10-11H2,1H3,(H,22,26). The van der Waals surface area contributed by atoms with Gasteiger partial charge in [0.25, 0.3) is 0 Å². The number of hydrogen-bond donors (Lipinski definition) is 2. The molecule has 0 unspecified atom stereocenters. The highest BCUT2D eigenvalue weighted by Crippen LogP contribution is 2.34. The molecule has 0 radical (unpaired) electrons. The fraction of sp³-hybridized carbons (Fsp3) is 0.150. The van der Waals surface area contributed by atoms with Crippen molar-refractivity contribution < 1.29 is 14.3 Å². The fourth-order valence-electron chi connectivity index (χ4n) is 3.23. The van der Waals surface area contributed by atoms with Crippen LogP contribution in [0.5, 0.6) is 11.5 Å². The molecule has 0 atom stereocenters. The molecule has 3 heterocycles. The van der Waals surface area contributed by atoms with E-state index in [2.05, 4.69) is 20.5 Å². The van der Waals surface area contributed by atoms with E-state index < -0.39 is 0 Å². The maximum absolute atomic E-state index is 12.3. The van der Waals surface area contributed by atoms with Crippen molar-refractivity contribution in [1.29, 1.82) is 0 Å². The van der Waals surface area contributed by atoms with Crippen LogP contribution < -0.4 is 14.8 Å². The van der Waals surface area contributed by atoms with Gasteiger partial charge in [-0.15, -0.1) is 10.2 Å². The first-order valence-corrected chi connectivity index (χ1v) is 9.96. The van der Waals surface area contributed by atoms with Crippen LogP contribution in [0.1, 0.15) is 0 Å². The second-order valence-corrected chi connectivity index (χ2v) is 7.46. The Balaban J connectivity index is 1.27. The van der Waals surface area contributed by atoms with Gasteiger partial charge in [-0.2, -0.15) is 0 Å². The molecule has 9 heteroatoms. The van der Waals surface area contributed by atoms with Gasteiger partial charge in [-0.3, -0.25) is 4.79 Å². The van der Waals surface area contributed by atoms with E-state index in [1.165, 1.54) is 11.8 Å². The average molecular weight is 407 g/mol. The maximum atomic E-state index is 12.3. The summed E-state index contributed by atoms with van der Waals surface area (Å²) in [6.45, 7) is 0.202. The molecule has 29 heavy (non-hydrogen) atoms. The lowest BCUT2D eigenvalue weighted by Crippen LogP contribution is -2.14. The summed E-state index contributed by atoms with van der Waals surface area (Å²) < 4.78 is 12.5. The second kappa shape index (κ2) is 7.17. The summed E-state index contributed by atoms with van der Waals surface area (Å²) in [5.74, 6) is 2.15. The molecule has 8 nitrogen and oxygen atoms in total. The summed E-state index contributed by atoms with van der Waals surface area (Å²) in [5, 5.41) is 13.2. The molecule has 2 aromatic carbocycles. The van der Waals surface area contributed by atoms with Gasteiger partial charge in [0.1, 0.15) is 0 Å². The van der Waals surface area contributed by atoms with Crippen molar-refractivity contribution in [3.8, 4) is 22.9 Å². The predicted molar refractivity (Wildman–Crippen MR) is 110 cm³/mol. The number of nitrogens with one attached hydrogen (secondary N) is 2. The van der Waals surface area contributed by atoms with Gasteiger partial charge in [-0.05, 0) is 18.2 Å². The Morgan fingerprint density at radius 2 is 2.07 bits per heavy atom. The largest absolute Gasteiger partial charge is 0.454 e. The molecule has 146 valence electrons. The number of nitrogens with zero attached hydrogens (tertiary/aromatic N) is 3. The van der Waals surface area contributed by atoms with Crippen LogP contribution in [-0.4, -0.2) is 38.2 Å². The molecule has 1 aliphatic heterocycles. The molecule has 2 N–H and O–H groups in total. The maximum Gasteiger partial charge on any atom is 0.234 e. The minimum atomic E-state index is -0.134. The van der Waals surface area contributed by atoms with Crippen LogP contribution >= 0.6 is 11.8 Å².